The van der Waals surface area contributed by atoms with Gasteiger partial charge in [0.05, 0.1) is 11.1 Å². The van der Waals surface area contributed by atoms with Gasteiger partial charge in [0, 0.05) is 19.6 Å². The van der Waals surface area contributed by atoms with E-state index >= 15 is 0 Å². The SMILES string of the molecule is Cl.ON=CC1=NCCCN1Cc1cc(C(F)(F)F)cc(C(F)(F)F)c1. The number of oxime groups is 1. The second-order valence-electron chi connectivity index (χ2n) is 5.17. The molecule has 0 aromatic heterocycles. The number of amidine groups is 1. The van der Waals surface area contributed by atoms with Crippen LogP contribution in [0.4, 0.5) is 26.3 Å². The third kappa shape index (κ3) is 5.52. The summed E-state index contributed by atoms with van der Waals surface area (Å²) < 4.78 is 77.1. The zero-order chi connectivity index (χ0) is 18.0. The van der Waals surface area contributed by atoms with Crippen LogP contribution in [0.5, 0.6) is 0 Å². The summed E-state index contributed by atoms with van der Waals surface area (Å²) in [4.78, 5) is 5.49. The predicted octanol–water partition coefficient (Wildman–Crippen LogP) is 4.21. The first-order valence-corrected chi connectivity index (χ1v) is 6.86. The highest BCUT2D eigenvalue weighted by Crippen LogP contribution is 2.36. The Morgan fingerprint density at radius 1 is 1.08 bits per heavy atom. The fraction of sp³-hybridized carbons (Fsp3) is 0.429. The number of halogens is 7. The van der Waals surface area contributed by atoms with Crippen molar-refractivity contribution < 1.29 is 31.5 Å². The van der Waals surface area contributed by atoms with Crippen molar-refractivity contribution in [1.82, 2.24) is 4.90 Å². The highest BCUT2D eigenvalue weighted by atomic mass is 35.5. The molecule has 11 heteroatoms. The summed E-state index contributed by atoms with van der Waals surface area (Å²) in [5.74, 6) is 0.203. The summed E-state index contributed by atoms with van der Waals surface area (Å²) >= 11 is 0. The van der Waals surface area contributed by atoms with Crippen LogP contribution in [-0.2, 0) is 18.9 Å². The third-order valence-corrected chi connectivity index (χ3v) is 3.38. The number of rotatable bonds is 3. The smallest absolute Gasteiger partial charge is 0.411 e. The fourth-order valence-corrected chi connectivity index (χ4v) is 2.33. The maximum atomic E-state index is 12.9. The van der Waals surface area contributed by atoms with Crippen LogP contribution < -0.4 is 0 Å². The Kier molecular flexibility index (Phi) is 6.69. The molecular formula is C14H14ClF6N3O. The monoisotopic (exact) mass is 389 g/mol. The third-order valence-electron chi connectivity index (χ3n) is 3.38. The molecule has 1 N–H and O–H groups in total. The van der Waals surface area contributed by atoms with Crippen molar-refractivity contribution in [3.63, 3.8) is 0 Å². The van der Waals surface area contributed by atoms with E-state index in [1.165, 1.54) is 4.90 Å². The molecule has 25 heavy (non-hydrogen) atoms. The molecule has 140 valence electrons. The van der Waals surface area contributed by atoms with Crippen LogP contribution in [0.1, 0.15) is 23.1 Å². The van der Waals surface area contributed by atoms with Gasteiger partial charge in [-0.2, -0.15) is 26.3 Å². The average molecular weight is 390 g/mol. The van der Waals surface area contributed by atoms with E-state index in [1.807, 2.05) is 0 Å². The first kappa shape index (κ1) is 21.1. The van der Waals surface area contributed by atoms with Gasteiger partial charge in [-0.3, -0.25) is 4.99 Å². The molecule has 0 unspecified atom stereocenters. The summed E-state index contributed by atoms with van der Waals surface area (Å²) in [6.07, 6.45) is -8.19. The number of hydrogen-bond acceptors (Lipinski definition) is 4. The molecule has 0 atom stereocenters. The van der Waals surface area contributed by atoms with Crippen molar-refractivity contribution in [2.75, 3.05) is 13.1 Å². The van der Waals surface area contributed by atoms with E-state index in [-0.39, 0.29) is 36.4 Å². The van der Waals surface area contributed by atoms with Crippen molar-refractivity contribution in [3.05, 3.63) is 34.9 Å². The largest absolute Gasteiger partial charge is 0.416 e. The van der Waals surface area contributed by atoms with Crippen LogP contribution in [0, 0.1) is 0 Å². The zero-order valence-corrected chi connectivity index (χ0v) is 13.4. The standard InChI is InChI=1S/C14H13F6N3O.ClH/c15-13(16,17)10-4-9(5-11(6-10)14(18,19)20)8-23-3-1-2-21-12(23)7-22-24;/h4-7,24H,1-3,8H2;1H. The number of hydrogen-bond donors (Lipinski definition) is 1. The second kappa shape index (κ2) is 7.94. The maximum absolute atomic E-state index is 12.9. The Bertz CT molecular complexity index is 625. The minimum atomic E-state index is -4.89. The minimum Gasteiger partial charge on any atom is -0.411 e. The quantitative estimate of drug-likeness (QED) is 0.364. The molecule has 1 aliphatic heterocycles. The van der Waals surface area contributed by atoms with Crippen LogP contribution in [-0.4, -0.2) is 35.2 Å². The Labute approximate surface area is 145 Å². The molecule has 1 aliphatic rings. The van der Waals surface area contributed by atoms with Gasteiger partial charge in [-0.25, -0.2) is 0 Å². The van der Waals surface area contributed by atoms with E-state index in [2.05, 4.69) is 10.1 Å². The summed E-state index contributed by atoms with van der Waals surface area (Å²) in [6.45, 7) is 0.606. The molecule has 0 spiro atoms. The van der Waals surface area contributed by atoms with Gasteiger partial charge in [0.1, 0.15) is 12.1 Å². The van der Waals surface area contributed by atoms with Gasteiger partial charge in [0.2, 0.25) is 0 Å². The van der Waals surface area contributed by atoms with Gasteiger partial charge in [0.15, 0.2) is 0 Å². The average Bonchev–Trinajstić information content (AvgIpc) is 2.47. The highest BCUT2D eigenvalue weighted by Gasteiger charge is 2.37. The number of benzene rings is 1. The molecule has 0 fully saturated rings. The first-order chi connectivity index (χ1) is 11.1. The Morgan fingerprint density at radius 3 is 2.12 bits per heavy atom. The van der Waals surface area contributed by atoms with Gasteiger partial charge in [-0.15, -0.1) is 12.4 Å². The first-order valence-electron chi connectivity index (χ1n) is 6.86. The molecular weight excluding hydrogens is 376 g/mol. The lowest BCUT2D eigenvalue weighted by Crippen LogP contribution is -2.36. The van der Waals surface area contributed by atoms with Crippen molar-refractivity contribution >= 4 is 24.5 Å². The van der Waals surface area contributed by atoms with Crippen LogP contribution in [0.2, 0.25) is 0 Å². The minimum absolute atomic E-state index is 0. The van der Waals surface area contributed by atoms with Crippen molar-refractivity contribution in [2.24, 2.45) is 10.1 Å². The second-order valence-corrected chi connectivity index (χ2v) is 5.17. The van der Waals surface area contributed by atoms with E-state index in [4.69, 9.17) is 5.21 Å². The van der Waals surface area contributed by atoms with Gasteiger partial charge in [0.25, 0.3) is 0 Å². The molecule has 1 aromatic carbocycles. The van der Waals surface area contributed by atoms with Crippen LogP contribution in [0.15, 0.2) is 28.3 Å². The highest BCUT2D eigenvalue weighted by molar-refractivity contribution is 6.29. The molecule has 0 saturated carbocycles. The Morgan fingerprint density at radius 2 is 1.64 bits per heavy atom. The fourth-order valence-electron chi connectivity index (χ4n) is 2.33. The Balaban J connectivity index is 0.00000312. The molecule has 0 saturated heterocycles. The molecule has 0 amide bonds. The lowest BCUT2D eigenvalue weighted by Gasteiger charge is -2.27. The summed E-state index contributed by atoms with van der Waals surface area (Å²) in [5, 5.41) is 11.4. The van der Waals surface area contributed by atoms with Crippen LogP contribution >= 0.6 is 12.4 Å². The van der Waals surface area contributed by atoms with Crippen molar-refractivity contribution in [1.29, 1.82) is 0 Å². The van der Waals surface area contributed by atoms with Gasteiger partial charge < -0.3 is 10.1 Å². The molecule has 4 nitrogen and oxygen atoms in total. The van der Waals surface area contributed by atoms with Gasteiger partial charge in [-0.1, -0.05) is 5.16 Å². The van der Waals surface area contributed by atoms with Gasteiger partial charge in [-0.05, 0) is 30.2 Å². The number of aliphatic imine (C=N–C) groups is 1. The Hall–Kier alpha value is -1.97. The van der Waals surface area contributed by atoms with E-state index in [0.717, 1.165) is 6.21 Å². The van der Waals surface area contributed by atoms with Gasteiger partial charge >= 0.3 is 12.4 Å². The topological polar surface area (TPSA) is 48.2 Å². The summed E-state index contributed by atoms with van der Waals surface area (Å²) in [6, 6.07) is 1.44. The predicted molar refractivity (Wildman–Crippen MR) is 81.3 cm³/mol. The number of alkyl halides is 6. The lowest BCUT2D eigenvalue weighted by atomic mass is 10.0. The molecule has 0 bridgehead atoms. The van der Waals surface area contributed by atoms with Crippen molar-refractivity contribution in [2.45, 2.75) is 25.3 Å². The molecule has 1 heterocycles. The van der Waals surface area contributed by atoms with E-state index in [9.17, 15) is 26.3 Å². The van der Waals surface area contributed by atoms with Crippen LogP contribution in [0.3, 0.4) is 0 Å². The maximum Gasteiger partial charge on any atom is 0.416 e. The zero-order valence-electron chi connectivity index (χ0n) is 12.6. The normalized spacial score (nSPS) is 15.9. The van der Waals surface area contributed by atoms with E-state index in [1.54, 1.807) is 0 Å². The van der Waals surface area contributed by atoms with Crippen LogP contribution in [0.25, 0.3) is 0 Å². The molecule has 0 radical (unpaired) electrons. The lowest BCUT2D eigenvalue weighted by molar-refractivity contribution is -0.143. The summed E-state index contributed by atoms with van der Waals surface area (Å²) in [5.41, 5.74) is -2.88. The molecule has 1 aromatic rings. The molecule has 2 rings (SSSR count). The van der Waals surface area contributed by atoms with Crippen molar-refractivity contribution in [3.8, 4) is 0 Å². The number of nitrogens with zero attached hydrogens (tertiary/aromatic N) is 3. The summed E-state index contributed by atoms with van der Waals surface area (Å²) in [7, 11) is 0. The van der Waals surface area contributed by atoms with E-state index < -0.39 is 23.5 Å². The van der Waals surface area contributed by atoms with E-state index in [0.29, 0.717) is 31.6 Å². The molecule has 0 aliphatic carbocycles.